The highest BCUT2D eigenvalue weighted by Gasteiger charge is 2.20. The van der Waals surface area contributed by atoms with E-state index in [2.05, 4.69) is 37.7 Å². The van der Waals surface area contributed by atoms with Gasteiger partial charge in [0, 0.05) is 25.2 Å². The third kappa shape index (κ3) is 4.25. The quantitative estimate of drug-likeness (QED) is 0.627. The van der Waals surface area contributed by atoms with Crippen molar-refractivity contribution in [1.29, 1.82) is 0 Å². The van der Waals surface area contributed by atoms with E-state index in [1.165, 1.54) is 24.8 Å². The molecule has 0 spiro atoms. The maximum absolute atomic E-state index is 4.11. The van der Waals surface area contributed by atoms with Crippen molar-refractivity contribution in [2.24, 2.45) is 0 Å². The Morgan fingerprint density at radius 1 is 1.57 bits per heavy atom. The van der Waals surface area contributed by atoms with Gasteiger partial charge < -0.3 is 5.32 Å². The molecular weight excluding hydrogens is 172 g/mol. The minimum Gasteiger partial charge on any atom is -0.310 e. The molecule has 1 rings (SSSR count). The molecule has 0 aromatic rings. The van der Waals surface area contributed by atoms with Crippen molar-refractivity contribution in [3.05, 3.63) is 12.2 Å². The number of hydrogen-bond acceptors (Lipinski definition) is 2. The molecule has 0 aromatic heterocycles. The van der Waals surface area contributed by atoms with Gasteiger partial charge in [-0.05, 0) is 38.8 Å². The molecule has 1 unspecified atom stereocenters. The van der Waals surface area contributed by atoms with Crippen LogP contribution in [-0.2, 0) is 0 Å². The Kier molecular flexibility index (Phi) is 4.63. The first-order chi connectivity index (χ1) is 6.63. The first-order valence-electron chi connectivity index (χ1n) is 5.73. The highest BCUT2D eigenvalue weighted by Crippen LogP contribution is 2.18. The van der Waals surface area contributed by atoms with Crippen LogP contribution in [0.5, 0.6) is 0 Å². The molecule has 0 bridgehead atoms. The smallest absolute Gasteiger partial charge is 0.0202 e. The van der Waals surface area contributed by atoms with Gasteiger partial charge in [0.2, 0.25) is 0 Å². The normalized spacial score (nSPS) is 18.6. The van der Waals surface area contributed by atoms with Crippen molar-refractivity contribution in [3.63, 3.8) is 0 Å². The van der Waals surface area contributed by atoms with Gasteiger partial charge >= 0.3 is 0 Å². The summed E-state index contributed by atoms with van der Waals surface area (Å²) in [4.78, 5) is 2.37. The standard InChI is InChI=1S/C12H24N2/c1-5-11(3)14(4)9-10(2)8-13-12-6-7-12/h11-13H,2,5-9H2,1,3-4H3. The molecule has 1 N–H and O–H groups in total. The highest BCUT2D eigenvalue weighted by atomic mass is 15.1. The molecule has 0 amide bonds. The number of hydrogen-bond donors (Lipinski definition) is 1. The highest BCUT2D eigenvalue weighted by molar-refractivity contribution is 5.01. The fourth-order valence-corrected chi connectivity index (χ4v) is 1.45. The molecule has 1 fully saturated rings. The van der Waals surface area contributed by atoms with Crippen molar-refractivity contribution < 1.29 is 0 Å². The van der Waals surface area contributed by atoms with Gasteiger partial charge in [-0.15, -0.1) is 0 Å². The lowest BCUT2D eigenvalue weighted by molar-refractivity contribution is 0.270. The van der Waals surface area contributed by atoms with Crippen LogP contribution in [0.2, 0.25) is 0 Å². The maximum atomic E-state index is 4.11. The van der Waals surface area contributed by atoms with E-state index < -0.39 is 0 Å². The van der Waals surface area contributed by atoms with Gasteiger partial charge in [0.15, 0.2) is 0 Å². The molecule has 2 nitrogen and oxygen atoms in total. The lowest BCUT2D eigenvalue weighted by atomic mass is 10.2. The molecular formula is C12H24N2. The van der Waals surface area contributed by atoms with Crippen LogP contribution in [0.25, 0.3) is 0 Å². The molecule has 0 heterocycles. The van der Waals surface area contributed by atoms with Gasteiger partial charge in [-0.1, -0.05) is 13.5 Å². The topological polar surface area (TPSA) is 15.3 Å². The fourth-order valence-electron chi connectivity index (χ4n) is 1.45. The summed E-state index contributed by atoms with van der Waals surface area (Å²) in [7, 11) is 2.18. The van der Waals surface area contributed by atoms with E-state index in [9.17, 15) is 0 Å². The Hall–Kier alpha value is -0.340. The van der Waals surface area contributed by atoms with Crippen molar-refractivity contribution in [1.82, 2.24) is 10.2 Å². The van der Waals surface area contributed by atoms with Crippen molar-refractivity contribution in [2.45, 2.75) is 45.2 Å². The van der Waals surface area contributed by atoms with E-state index in [4.69, 9.17) is 0 Å². The van der Waals surface area contributed by atoms with Gasteiger partial charge in [0.25, 0.3) is 0 Å². The Morgan fingerprint density at radius 3 is 2.71 bits per heavy atom. The summed E-state index contributed by atoms with van der Waals surface area (Å²) >= 11 is 0. The lowest BCUT2D eigenvalue weighted by Gasteiger charge is -2.24. The van der Waals surface area contributed by atoms with E-state index in [1.807, 2.05) is 0 Å². The lowest BCUT2D eigenvalue weighted by Crippen LogP contribution is -2.32. The van der Waals surface area contributed by atoms with Crippen LogP contribution in [0.3, 0.4) is 0 Å². The zero-order chi connectivity index (χ0) is 10.6. The summed E-state index contributed by atoms with van der Waals surface area (Å²) in [5.74, 6) is 0. The van der Waals surface area contributed by atoms with Crippen LogP contribution in [0.15, 0.2) is 12.2 Å². The van der Waals surface area contributed by atoms with E-state index in [0.29, 0.717) is 6.04 Å². The van der Waals surface area contributed by atoms with E-state index in [0.717, 1.165) is 19.1 Å². The summed E-state index contributed by atoms with van der Waals surface area (Å²) in [6.45, 7) is 10.6. The van der Waals surface area contributed by atoms with Gasteiger partial charge in [0.1, 0.15) is 0 Å². The third-order valence-electron chi connectivity index (χ3n) is 3.03. The second-order valence-electron chi connectivity index (χ2n) is 4.58. The first kappa shape index (κ1) is 11.7. The Bertz CT molecular complexity index is 185. The number of nitrogens with zero attached hydrogens (tertiary/aromatic N) is 1. The molecule has 0 saturated heterocycles. The average Bonchev–Trinajstić information content (AvgIpc) is 2.96. The minimum atomic E-state index is 0.660. The molecule has 1 aliphatic carbocycles. The zero-order valence-electron chi connectivity index (χ0n) is 9.84. The largest absolute Gasteiger partial charge is 0.310 e. The summed E-state index contributed by atoms with van der Waals surface area (Å²) in [5, 5.41) is 3.49. The van der Waals surface area contributed by atoms with Gasteiger partial charge in [-0.2, -0.15) is 0 Å². The second-order valence-corrected chi connectivity index (χ2v) is 4.58. The Balaban J connectivity index is 2.11. The maximum Gasteiger partial charge on any atom is 0.0202 e. The molecule has 14 heavy (non-hydrogen) atoms. The molecule has 1 saturated carbocycles. The molecule has 82 valence electrons. The number of rotatable bonds is 7. The van der Waals surface area contributed by atoms with Crippen molar-refractivity contribution in [2.75, 3.05) is 20.1 Å². The summed E-state index contributed by atoms with van der Waals surface area (Å²) in [6, 6.07) is 1.45. The van der Waals surface area contributed by atoms with Crippen molar-refractivity contribution >= 4 is 0 Å². The monoisotopic (exact) mass is 196 g/mol. The van der Waals surface area contributed by atoms with Crippen LogP contribution < -0.4 is 5.32 Å². The Morgan fingerprint density at radius 2 is 2.21 bits per heavy atom. The molecule has 2 heteroatoms. The van der Waals surface area contributed by atoms with E-state index in [1.54, 1.807) is 0 Å². The molecule has 1 aliphatic rings. The van der Waals surface area contributed by atoms with Gasteiger partial charge in [-0.25, -0.2) is 0 Å². The molecule has 1 atom stereocenters. The predicted molar refractivity (Wildman–Crippen MR) is 62.5 cm³/mol. The minimum absolute atomic E-state index is 0.660. The van der Waals surface area contributed by atoms with Crippen LogP contribution in [0, 0.1) is 0 Å². The SMILES string of the molecule is C=C(CNC1CC1)CN(C)C(C)CC. The van der Waals surface area contributed by atoms with E-state index in [-0.39, 0.29) is 0 Å². The summed E-state index contributed by atoms with van der Waals surface area (Å²) in [6.07, 6.45) is 3.92. The van der Waals surface area contributed by atoms with Crippen molar-refractivity contribution in [3.8, 4) is 0 Å². The number of nitrogens with one attached hydrogen (secondary N) is 1. The second kappa shape index (κ2) is 5.52. The summed E-state index contributed by atoms with van der Waals surface area (Å²) in [5.41, 5.74) is 1.31. The van der Waals surface area contributed by atoms with Crippen LogP contribution in [-0.4, -0.2) is 37.1 Å². The zero-order valence-corrected chi connectivity index (χ0v) is 9.84. The fraction of sp³-hybridized carbons (Fsp3) is 0.833. The first-order valence-corrected chi connectivity index (χ1v) is 5.73. The summed E-state index contributed by atoms with van der Waals surface area (Å²) < 4.78 is 0. The van der Waals surface area contributed by atoms with Gasteiger partial charge in [-0.3, -0.25) is 4.90 Å². The van der Waals surface area contributed by atoms with Crippen LogP contribution in [0.1, 0.15) is 33.1 Å². The Labute approximate surface area is 88.4 Å². The van der Waals surface area contributed by atoms with E-state index >= 15 is 0 Å². The molecule has 0 radical (unpaired) electrons. The molecule has 0 aromatic carbocycles. The average molecular weight is 196 g/mol. The van der Waals surface area contributed by atoms with Crippen LogP contribution >= 0.6 is 0 Å². The van der Waals surface area contributed by atoms with Gasteiger partial charge in [0.05, 0.1) is 0 Å². The van der Waals surface area contributed by atoms with Crippen LogP contribution in [0.4, 0.5) is 0 Å². The molecule has 0 aliphatic heterocycles. The third-order valence-corrected chi connectivity index (χ3v) is 3.03. The number of likely N-dealkylation sites (N-methyl/N-ethyl adjacent to an activating group) is 1. The predicted octanol–water partition coefficient (Wildman–Crippen LogP) is 2.02.